The van der Waals surface area contributed by atoms with Crippen LogP contribution in [-0.4, -0.2) is 35.2 Å². The Kier molecular flexibility index (Phi) is 6.16. The Morgan fingerprint density at radius 3 is 2.54 bits per heavy atom. The van der Waals surface area contributed by atoms with Crippen LogP contribution in [0.4, 0.5) is 5.69 Å². The second-order valence-electron chi connectivity index (χ2n) is 9.78. The molecule has 1 atom stereocenters. The van der Waals surface area contributed by atoms with E-state index in [4.69, 9.17) is 16.3 Å². The van der Waals surface area contributed by atoms with Crippen LogP contribution in [-0.2, 0) is 23.2 Å². The lowest BCUT2D eigenvalue weighted by molar-refractivity contribution is -0.122. The summed E-state index contributed by atoms with van der Waals surface area (Å²) in [6.07, 6.45) is 0.657. The third-order valence-corrected chi connectivity index (χ3v) is 7.60. The van der Waals surface area contributed by atoms with E-state index in [9.17, 15) is 19.8 Å². The highest BCUT2D eigenvalue weighted by molar-refractivity contribution is 6.30. The van der Waals surface area contributed by atoms with Gasteiger partial charge in [-0.2, -0.15) is 0 Å². The summed E-state index contributed by atoms with van der Waals surface area (Å²) in [5.41, 5.74) is 3.24. The van der Waals surface area contributed by atoms with Crippen molar-refractivity contribution in [2.75, 3.05) is 18.1 Å². The molecule has 1 unspecified atom stereocenters. The van der Waals surface area contributed by atoms with E-state index in [1.807, 2.05) is 54.6 Å². The Balaban J connectivity index is 1.24. The zero-order valence-corrected chi connectivity index (χ0v) is 21.6. The molecule has 6 rings (SSSR count). The highest BCUT2D eigenvalue weighted by Crippen LogP contribution is 2.54. The number of phenolic OH excluding ortho intramolecular Hbond substituents is 2. The van der Waals surface area contributed by atoms with E-state index >= 15 is 0 Å². The number of aromatic hydroxyl groups is 2. The van der Waals surface area contributed by atoms with E-state index in [1.165, 1.54) is 12.1 Å². The fourth-order valence-corrected chi connectivity index (χ4v) is 5.68. The van der Waals surface area contributed by atoms with E-state index in [-0.39, 0.29) is 36.5 Å². The molecule has 2 aliphatic heterocycles. The lowest BCUT2D eigenvalue weighted by Crippen LogP contribution is -2.42. The molecule has 0 saturated carbocycles. The Hall–Kier alpha value is -4.49. The minimum atomic E-state index is -1.13. The molecule has 4 aromatic rings. The van der Waals surface area contributed by atoms with Crippen LogP contribution in [0.25, 0.3) is 0 Å². The number of amides is 2. The number of carbonyl (C=O) groups is 2. The van der Waals surface area contributed by atoms with Gasteiger partial charge in [0.15, 0.2) is 11.5 Å². The van der Waals surface area contributed by atoms with Gasteiger partial charge in [0.1, 0.15) is 17.8 Å². The summed E-state index contributed by atoms with van der Waals surface area (Å²) in [5.74, 6) is -0.631. The van der Waals surface area contributed by atoms with Crippen LogP contribution in [0.3, 0.4) is 0 Å². The average Bonchev–Trinajstić information content (AvgIpc) is 3.41. The van der Waals surface area contributed by atoms with Gasteiger partial charge in [0.05, 0.1) is 6.54 Å². The second kappa shape index (κ2) is 9.67. The average molecular weight is 541 g/mol. The standard InChI is InChI=1S/C31H25ClN2O5/c32-22-8-4-5-19(14-22)11-12-33-29(37)21-7-3-6-20(13-21)17-34-25-10-2-1-9-23(25)31(30(34)38)18-39-28-16-27(36)26(35)15-24(28)31/h1-10,13-16,35-36H,11-12,17-18H2,(H,33,37). The van der Waals surface area contributed by atoms with E-state index in [1.54, 1.807) is 23.1 Å². The van der Waals surface area contributed by atoms with E-state index in [0.29, 0.717) is 34.9 Å². The van der Waals surface area contributed by atoms with Gasteiger partial charge in [0, 0.05) is 34.4 Å². The molecule has 8 heteroatoms. The van der Waals surface area contributed by atoms with Crippen molar-refractivity contribution in [1.82, 2.24) is 5.32 Å². The van der Waals surface area contributed by atoms with Crippen LogP contribution in [0, 0.1) is 0 Å². The third-order valence-electron chi connectivity index (χ3n) is 7.36. The van der Waals surface area contributed by atoms with Gasteiger partial charge < -0.3 is 25.2 Å². The van der Waals surface area contributed by atoms with Crippen LogP contribution < -0.4 is 15.0 Å². The highest BCUT2D eigenvalue weighted by atomic mass is 35.5. The molecule has 2 amide bonds. The number of carbonyl (C=O) groups excluding carboxylic acids is 2. The smallest absolute Gasteiger partial charge is 0.251 e. The fraction of sp³-hybridized carbons (Fsp3) is 0.161. The number of phenols is 2. The molecule has 7 nitrogen and oxygen atoms in total. The number of nitrogens with zero attached hydrogens (tertiary/aromatic N) is 1. The Labute approximate surface area is 230 Å². The summed E-state index contributed by atoms with van der Waals surface area (Å²) in [6, 6.07) is 25.0. The molecule has 0 bridgehead atoms. The highest BCUT2D eigenvalue weighted by Gasteiger charge is 2.57. The van der Waals surface area contributed by atoms with Crippen molar-refractivity contribution in [2.24, 2.45) is 0 Å². The summed E-state index contributed by atoms with van der Waals surface area (Å²) >= 11 is 6.05. The number of anilines is 1. The normalized spacial score (nSPS) is 17.2. The lowest BCUT2D eigenvalue weighted by Gasteiger charge is -2.23. The summed E-state index contributed by atoms with van der Waals surface area (Å²) < 4.78 is 5.85. The van der Waals surface area contributed by atoms with E-state index in [0.717, 1.165) is 22.4 Å². The lowest BCUT2D eigenvalue weighted by atomic mass is 9.77. The van der Waals surface area contributed by atoms with Crippen LogP contribution >= 0.6 is 11.6 Å². The molecule has 3 N–H and O–H groups in total. The van der Waals surface area contributed by atoms with E-state index < -0.39 is 5.41 Å². The molecule has 0 saturated heterocycles. The first-order chi connectivity index (χ1) is 18.9. The summed E-state index contributed by atoms with van der Waals surface area (Å²) in [4.78, 5) is 28.6. The number of fused-ring (bicyclic) bond motifs is 4. The van der Waals surface area contributed by atoms with Crippen LogP contribution in [0.2, 0.25) is 5.02 Å². The van der Waals surface area contributed by atoms with Crippen LogP contribution in [0.15, 0.2) is 84.9 Å². The SMILES string of the molecule is O=C(NCCc1cccc(Cl)c1)c1cccc(CN2C(=O)C3(COc4cc(O)c(O)cc43)c3ccccc32)c1. The molecule has 196 valence electrons. The van der Waals surface area contributed by atoms with Gasteiger partial charge in [-0.25, -0.2) is 0 Å². The molecule has 2 heterocycles. The van der Waals surface area contributed by atoms with Gasteiger partial charge in [-0.3, -0.25) is 9.59 Å². The summed E-state index contributed by atoms with van der Waals surface area (Å²) in [6.45, 7) is 0.777. The number of rotatable bonds is 6. The number of halogens is 1. The fourth-order valence-electron chi connectivity index (χ4n) is 5.46. The van der Waals surface area contributed by atoms with E-state index in [2.05, 4.69) is 5.32 Å². The largest absolute Gasteiger partial charge is 0.504 e. The minimum Gasteiger partial charge on any atom is -0.504 e. The molecule has 0 fully saturated rings. The topological polar surface area (TPSA) is 99.1 Å². The van der Waals surface area contributed by atoms with Gasteiger partial charge in [0.25, 0.3) is 5.91 Å². The van der Waals surface area contributed by atoms with Gasteiger partial charge in [-0.15, -0.1) is 0 Å². The van der Waals surface area contributed by atoms with Crippen molar-refractivity contribution in [3.8, 4) is 17.2 Å². The van der Waals surface area contributed by atoms with Crippen molar-refractivity contribution in [3.05, 3.63) is 118 Å². The van der Waals surface area contributed by atoms with Gasteiger partial charge in [0.2, 0.25) is 5.91 Å². The maximum Gasteiger partial charge on any atom is 0.251 e. The second-order valence-corrected chi connectivity index (χ2v) is 10.2. The number of hydrogen-bond acceptors (Lipinski definition) is 5. The molecule has 4 aromatic carbocycles. The number of para-hydroxylation sites is 1. The van der Waals surface area contributed by atoms with Crippen molar-refractivity contribution in [1.29, 1.82) is 0 Å². The first-order valence-electron chi connectivity index (χ1n) is 12.6. The first kappa shape index (κ1) is 24.8. The van der Waals surface area contributed by atoms with Crippen molar-refractivity contribution in [2.45, 2.75) is 18.4 Å². The summed E-state index contributed by atoms with van der Waals surface area (Å²) in [7, 11) is 0. The van der Waals surface area contributed by atoms with Crippen molar-refractivity contribution < 1.29 is 24.5 Å². The zero-order chi connectivity index (χ0) is 27.1. The summed E-state index contributed by atoms with van der Waals surface area (Å²) in [5, 5.41) is 23.8. The van der Waals surface area contributed by atoms with Gasteiger partial charge in [-0.05, 0) is 59.5 Å². The van der Waals surface area contributed by atoms with Crippen molar-refractivity contribution >= 4 is 29.1 Å². The van der Waals surface area contributed by atoms with Crippen LogP contribution in [0.1, 0.15) is 32.6 Å². The Morgan fingerprint density at radius 2 is 1.69 bits per heavy atom. The first-order valence-corrected chi connectivity index (χ1v) is 13.0. The number of hydrogen-bond donors (Lipinski definition) is 3. The minimum absolute atomic E-state index is 0.0621. The number of ether oxygens (including phenoxy) is 1. The molecular formula is C31H25ClN2O5. The maximum absolute atomic E-state index is 14.1. The molecule has 0 aromatic heterocycles. The Morgan fingerprint density at radius 1 is 0.923 bits per heavy atom. The van der Waals surface area contributed by atoms with Gasteiger partial charge >= 0.3 is 0 Å². The molecule has 0 aliphatic carbocycles. The zero-order valence-electron chi connectivity index (χ0n) is 20.9. The number of benzene rings is 4. The molecule has 1 spiro atoms. The van der Waals surface area contributed by atoms with Crippen LogP contribution in [0.5, 0.6) is 17.2 Å². The van der Waals surface area contributed by atoms with Crippen molar-refractivity contribution in [3.63, 3.8) is 0 Å². The predicted octanol–water partition coefficient (Wildman–Crippen LogP) is 4.95. The molecule has 39 heavy (non-hydrogen) atoms. The molecular weight excluding hydrogens is 516 g/mol. The third kappa shape index (κ3) is 4.25. The Bertz CT molecular complexity index is 1620. The maximum atomic E-state index is 14.1. The number of nitrogens with one attached hydrogen (secondary N) is 1. The monoisotopic (exact) mass is 540 g/mol. The van der Waals surface area contributed by atoms with Gasteiger partial charge in [-0.1, -0.05) is 54.1 Å². The molecule has 2 aliphatic rings. The predicted molar refractivity (Wildman–Crippen MR) is 148 cm³/mol. The quantitative estimate of drug-likeness (QED) is 0.301. The molecule has 0 radical (unpaired) electrons.